The highest BCUT2D eigenvalue weighted by atomic mass is 32.1. The van der Waals surface area contributed by atoms with Crippen LogP contribution in [-0.4, -0.2) is 26.1 Å². The molecule has 0 atom stereocenters. The average molecular weight is 327 g/mol. The molecule has 2 amide bonds. The van der Waals surface area contributed by atoms with Gasteiger partial charge in [0.15, 0.2) is 0 Å². The number of nitrogens with zero attached hydrogens (tertiary/aromatic N) is 3. The highest BCUT2D eigenvalue weighted by Crippen LogP contribution is 2.25. The largest absolute Gasteiger partial charge is 0.390 e. The zero-order valence-electron chi connectivity index (χ0n) is 11.9. The summed E-state index contributed by atoms with van der Waals surface area (Å²) in [6.07, 6.45) is 3.38. The quantitative estimate of drug-likeness (QED) is 0.684. The van der Waals surface area contributed by atoms with Crippen LogP contribution in [0.1, 0.15) is 5.69 Å². The van der Waals surface area contributed by atoms with Crippen LogP contribution >= 0.6 is 11.3 Å². The van der Waals surface area contributed by atoms with Gasteiger partial charge in [-0.15, -0.1) is 11.3 Å². The number of carbonyl (C=O) groups excluding carboxylic acids is 1. The van der Waals surface area contributed by atoms with E-state index in [-0.39, 0.29) is 6.61 Å². The molecule has 0 saturated carbocycles. The molecule has 0 saturated heterocycles. The summed E-state index contributed by atoms with van der Waals surface area (Å²) < 4.78 is 0. The maximum atomic E-state index is 12.0. The Kier molecular flexibility index (Phi) is 4.55. The highest BCUT2D eigenvalue weighted by Gasteiger charge is 2.08. The van der Waals surface area contributed by atoms with Crippen molar-refractivity contribution in [2.75, 3.05) is 10.6 Å². The standard InChI is InChI=1S/C15H13N5O2S/c21-8-11-2-1-3-12(17-11)19-15(22)20-13-9-23-14(18-13)10-4-6-16-7-5-10/h1-7,9,21H,8H2,(H2,17,19,20,22). The first-order valence-electron chi connectivity index (χ1n) is 6.75. The zero-order chi connectivity index (χ0) is 16.1. The van der Waals surface area contributed by atoms with Crippen LogP contribution in [-0.2, 0) is 6.61 Å². The number of pyridine rings is 2. The number of urea groups is 1. The van der Waals surface area contributed by atoms with Crippen molar-refractivity contribution in [1.29, 1.82) is 0 Å². The molecule has 0 aliphatic carbocycles. The minimum Gasteiger partial charge on any atom is -0.390 e. The van der Waals surface area contributed by atoms with Gasteiger partial charge in [-0.25, -0.2) is 14.8 Å². The van der Waals surface area contributed by atoms with Crippen LogP contribution in [0.4, 0.5) is 16.4 Å². The third-order valence-electron chi connectivity index (χ3n) is 2.88. The van der Waals surface area contributed by atoms with Crippen molar-refractivity contribution in [3.8, 4) is 10.6 Å². The van der Waals surface area contributed by atoms with Gasteiger partial charge in [-0.2, -0.15) is 0 Å². The third-order valence-corrected chi connectivity index (χ3v) is 3.77. The van der Waals surface area contributed by atoms with E-state index in [4.69, 9.17) is 5.11 Å². The number of aliphatic hydroxyl groups is 1. The van der Waals surface area contributed by atoms with Gasteiger partial charge in [-0.05, 0) is 24.3 Å². The number of rotatable bonds is 4. The number of carbonyl (C=O) groups is 1. The van der Waals surface area contributed by atoms with Gasteiger partial charge in [0.05, 0.1) is 12.3 Å². The Hall–Kier alpha value is -2.84. The van der Waals surface area contributed by atoms with E-state index in [0.717, 1.165) is 10.6 Å². The number of anilines is 2. The molecule has 8 heteroatoms. The molecule has 3 aromatic heterocycles. The summed E-state index contributed by atoms with van der Waals surface area (Å²) in [5, 5.41) is 16.8. The first-order valence-corrected chi connectivity index (χ1v) is 7.63. The Morgan fingerprint density at radius 3 is 2.65 bits per heavy atom. The number of hydrogen-bond acceptors (Lipinski definition) is 6. The molecule has 0 radical (unpaired) electrons. The number of hydrogen-bond donors (Lipinski definition) is 3. The minimum absolute atomic E-state index is 0.182. The van der Waals surface area contributed by atoms with Gasteiger partial charge in [0, 0.05) is 23.3 Å². The average Bonchev–Trinajstić information content (AvgIpc) is 3.04. The van der Waals surface area contributed by atoms with Crippen LogP contribution in [0.5, 0.6) is 0 Å². The topological polar surface area (TPSA) is 100 Å². The van der Waals surface area contributed by atoms with E-state index in [9.17, 15) is 4.79 Å². The fourth-order valence-electron chi connectivity index (χ4n) is 1.86. The molecule has 3 heterocycles. The van der Waals surface area contributed by atoms with E-state index < -0.39 is 6.03 Å². The molecule has 116 valence electrons. The van der Waals surface area contributed by atoms with Crippen LogP contribution < -0.4 is 10.6 Å². The third kappa shape index (κ3) is 3.87. The SMILES string of the molecule is O=C(Nc1cccc(CO)n1)Nc1csc(-c2ccncc2)n1. The monoisotopic (exact) mass is 327 g/mol. The number of thiazole rings is 1. The molecule has 3 N–H and O–H groups in total. The Balaban J connectivity index is 1.65. The number of nitrogens with one attached hydrogen (secondary N) is 2. The molecule has 0 bridgehead atoms. The van der Waals surface area contributed by atoms with E-state index >= 15 is 0 Å². The fraction of sp³-hybridized carbons (Fsp3) is 0.0667. The maximum Gasteiger partial charge on any atom is 0.326 e. The molecule has 0 unspecified atom stereocenters. The molecule has 0 aliphatic rings. The summed E-state index contributed by atoms with van der Waals surface area (Å²) in [5.74, 6) is 0.816. The van der Waals surface area contributed by atoms with Crippen LogP contribution in [0.15, 0.2) is 48.1 Å². The Bertz CT molecular complexity index is 806. The van der Waals surface area contributed by atoms with E-state index in [0.29, 0.717) is 17.3 Å². The summed E-state index contributed by atoms with van der Waals surface area (Å²) in [6, 6.07) is 8.28. The first-order chi connectivity index (χ1) is 11.2. The second kappa shape index (κ2) is 6.95. The summed E-state index contributed by atoms with van der Waals surface area (Å²) in [5.41, 5.74) is 1.42. The summed E-state index contributed by atoms with van der Waals surface area (Å²) in [4.78, 5) is 24.3. The number of aromatic nitrogens is 3. The normalized spacial score (nSPS) is 10.3. The predicted molar refractivity (Wildman–Crippen MR) is 88.1 cm³/mol. The van der Waals surface area contributed by atoms with Crippen molar-refractivity contribution in [1.82, 2.24) is 15.0 Å². The fourth-order valence-corrected chi connectivity index (χ4v) is 2.62. The molecular weight excluding hydrogens is 314 g/mol. The molecule has 7 nitrogen and oxygen atoms in total. The van der Waals surface area contributed by atoms with Gasteiger partial charge >= 0.3 is 6.03 Å². The molecule has 0 aliphatic heterocycles. The van der Waals surface area contributed by atoms with Crippen molar-refractivity contribution < 1.29 is 9.90 Å². The summed E-state index contributed by atoms with van der Waals surface area (Å²) >= 11 is 1.43. The van der Waals surface area contributed by atoms with Crippen LogP contribution in [0.25, 0.3) is 10.6 Å². The van der Waals surface area contributed by atoms with Gasteiger partial charge < -0.3 is 5.11 Å². The van der Waals surface area contributed by atoms with Crippen molar-refractivity contribution in [3.63, 3.8) is 0 Å². The Morgan fingerprint density at radius 2 is 1.87 bits per heavy atom. The minimum atomic E-state index is -0.445. The molecule has 3 aromatic rings. The van der Waals surface area contributed by atoms with E-state index in [1.165, 1.54) is 11.3 Å². The van der Waals surface area contributed by atoms with Crippen molar-refractivity contribution in [3.05, 3.63) is 53.8 Å². The summed E-state index contributed by atoms with van der Waals surface area (Å²) in [7, 11) is 0. The zero-order valence-corrected chi connectivity index (χ0v) is 12.7. The Morgan fingerprint density at radius 1 is 1.09 bits per heavy atom. The molecule has 3 rings (SSSR count). The van der Waals surface area contributed by atoms with Crippen molar-refractivity contribution in [2.45, 2.75) is 6.61 Å². The van der Waals surface area contributed by atoms with Gasteiger partial charge in [-0.1, -0.05) is 6.07 Å². The van der Waals surface area contributed by atoms with Crippen LogP contribution in [0, 0.1) is 0 Å². The van der Waals surface area contributed by atoms with Gasteiger partial charge in [-0.3, -0.25) is 15.6 Å². The predicted octanol–water partition coefficient (Wildman–Crippen LogP) is 2.74. The maximum absolute atomic E-state index is 12.0. The molecule has 0 spiro atoms. The molecule has 23 heavy (non-hydrogen) atoms. The smallest absolute Gasteiger partial charge is 0.326 e. The van der Waals surface area contributed by atoms with E-state index in [1.807, 2.05) is 12.1 Å². The Labute approximate surface area is 136 Å². The molecule has 0 aromatic carbocycles. The van der Waals surface area contributed by atoms with Crippen LogP contribution in [0.2, 0.25) is 0 Å². The highest BCUT2D eigenvalue weighted by molar-refractivity contribution is 7.13. The van der Waals surface area contributed by atoms with Crippen LogP contribution in [0.3, 0.4) is 0 Å². The lowest BCUT2D eigenvalue weighted by atomic mass is 10.3. The number of amides is 2. The van der Waals surface area contributed by atoms with Gasteiger partial charge in [0.2, 0.25) is 0 Å². The summed E-state index contributed by atoms with van der Waals surface area (Å²) in [6.45, 7) is -0.182. The number of aliphatic hydroxyl groups excluding tert-OH is 1. The van der Waals surface area contributed by atoms with Gasteiger partial charge in [0.1, 0.15) is 16.6 Å². The second-order valence-electron chi connectivity index (χ2n) is 4.53. The first kappa shape index (κ1) is 15.1. The lowest BCUT2D eigenvalue weighted by Gasteiger charge is -2.05. The van der Waals surface area contributed by atoms with Crippen molar-refractivity contribution >= 4 is 29.0 Å². The second-order valence-corrected chi connectivity index (χ2v) is 5.38. The van der Waals surface area contributed by atoms with E-state index in [1.54, 1.807) is 36.0 Å². The van der Waals surface area contributed by atoms with E-state index in [2.05, 4.69) is 25.6 Å². The lowest BCUT2D eigenvalue weighted by Crippen LogP contribution is -2.20. The molecule has 0 fully saturated rings. The van der Waals surface area contributed by atoms with Crippen molar-refractivity contribution in [2.24, 2.45) is 0 Å². The molecular formula is C15H13N5O2S. The van der Waals surface area contributed by atoms with Gasteiger partial charge in [0.25, 0.3) is 0 Å². The lowest BCUT2D eigenvalue weighted by molar-refractivity contribution is 0.262.